The van der Waals surface area contributed by atoms with Crippen molar-refractivity contribution in [3.05, 3.63) is 28.2 Å². The Morgan fingerprint density at radius 1 is 1.45 bits per heavy atom. The maximum Gasteiger partial charge on any atom is 0.271 e. The van der Waals surface area contributed by atoms with Crippen molar-refractivity contribution in [3.63, 3.8) is 0 Å². The van der Waals surface area contributed by atoms with Gasteiger partial charge in [0.15, 0.2) is 0 Å². The van der Waals surface area contributed by atoms with Gasteiger partial charge in [-0.25, -0.2) is 5.10 Å². The summed E-state index contributed by atoms with van der Waals surface area (Å²) in [7, 11) is 0. The van der Waals surface area contributed by atoms with E-state index in [4.69, 9.17) is 4.74 Å². The number of aromatic amines is 1. The third-order valence-electron chi connectivity index (χ3n) is 3.66. The van der Waals surface area contributed by atoms with Crippen molar-refractivity contribution in [2.45, 2.75) is 38.7 Å². The molecule has 0 saturated heterocycles. The molecule has 1 aliphatic carbocycles. The van der Waals surface area contributed by atoms with Gasteiger partial charge >= 0.3 is 0 Å². The maximum absolute atomic E-state index is 11.7. The van der Waals surface area contributed by atoms with Crippen molar-refractivity contribution in [2.24, 2.45) is 5.92 Å². The number of rotatable bonds is 5. The lowest BCUT2D eigenvalue weighted by molar-refractivity contribution is -0.00295. The molecule has 1 saturated carbocycles. The molecule has 0 aliphatic heterocycles. The van der Waals surface area contributed by atoms with Crippen LogP contribution in [-0.4, -0.2) is 35.4 Å². The van der Waals surface area contributed by atoms with Crippen LogP contribution in [0.15, 0.2) is 16.9 Å². The summed E-state index contributed by atoms with van der Waals surface area (Å²) in [5.74, 6) is 0.293. The van der Waals surface area contributed by atoms with E-state index in [0.29, 0.717) is 25.2 Å². The molecular weight excluding hydrogens is 258 g/mol. The van der Waals surface area contributed by atoms with Crippen molar-refractivity contribution < 1.29 is 9.53 Å². The average Bonchev–Trinajstić information content (AvgIpc) is 2.46. The molecule has 6 nitrogen and oxygen atoms in total. The van der Waals surface area contributed by atoms with E-state index >= 15 is 0 Å². The zero-order valence-electron chi connectivity index (χ0n) is 11.7. The lowest BCUT2D eigenvalue weighted by Crippen LogP contribution is -2.32. The zero-order valence-corrected chi connectivity index (χ0v) is 11.7. The fraction of sp³-hybridized carbons (Fsp3) is 0.643. The molecule has 110 valence electrons. The first-order valence-electron chi connectivity index (χ1n) is 7.12. The number of hydrogen-bond donors (Lipinski definition) is 2. The van der Waals surface area contributed by atoms with Gasteiger partial charge in [-0.1, -0.05) is 19.8 Å². The number of aromatic nitrogens is 2. The summed E-state index contributed by atoms with van der Waals surface area (Å²) >= 11 is 0. The second-order valence-corrected chi connectivity index (χ2v) is 5.23. The van der Waals surface area contributed by atoms with E-state index < -0.39 is 0 Å². The SMILES string of the molecule is CC1CCCCC1OCCNC(=O)c1ccc(=O)[nH]n1. The lowest BCUT2D eigenvalue weighted by atomic mass is 9.88. The Bertz CT molecular complexity index is 480. The lowest BCUT2D eigenvalue weighted by Gasteiger charge is -2.28. The van der Waals surface area contributed by atoms with Gasteiger partial charge in [-0.05, 0) is 24.8 Å². The van der Waals surface area contributed by atoms with Crippen molar-refractivity contribution in [1.82, 2.24) is 15.5 Å². The van der Waals surface area contributed by atoms with Crippen molar-refractivity contribution >= 4 is 5.91 Å². The molecule has 20 heavy (non-hydrogen) atoms. The van der Waals surface area contributed by atoms with Gasteiger partial charge in [0.2, 0.25) is 0 Å². The van der Waals surface area contributed by atoms with Crippen LogP contribution in [0.4, 0.5) is 0 Å². The molecule has 1 aromatic rings. The minimum absolute atomic E-state index is 0.204. The molecule has 2 unspecified atom stereocenters. The summed E-state index contributed by atoms with van der Waals surface area (Å²) in [5, 5.41) is 8.62. The minimum Gasteiger partial charge on any atom is -0.376 e. The number of ether oxygens (including phenoxy) is 1. The summed E-state index contributed by atoms with van der Waals surface area (Å²) in [6.07, 6.45) is 5.15. The van der Waals surface area contributed by atoms with Crippen LogP contribution in [0.5, 0.6) is 0 Å². The highest BCUT2D eigenvalue weighted by atomic mass is 16.5. The minimum atomic E-state index is -0.323. The van der Waals surface area contributed by atoms with Gasteiger partial charge in [-0.3, -0.25) is 9.59 Å². The molecule has 1 fully saturated rings. The van der Waals surface area contributed by atoms with Crippen LogP contribution in [0.1, 0.15) is 43.1 Å². The summed E-state index contributed by atoms with van der Waals surface area (Å²) < 4.78 is 5.81. The molecule has 0 spiro atoms. The monoisotopic (exact) mass is 279 g/mol. The highest BCUT2D eigenvalue weighted by Gasteiger charge is 2.21. The van der Waals surface area contributed by atoms with Crippen LogP contribution in [0.25, 0.3) is 0 Å². The molecule has 1 heterocycles. The predicted molar refractivity (Wildman–Crippen MR) is 74.6 cm³/mol. The third kappa shape index (κ3) is 4.16. The first-order chi connectivity index (χ1) is 9.66. The predicted octanol–water partition coefficient (Wildman–Crippen LogP) is 1.09. The number of H-pyrrole nitrogens is 1. The molecule has 6 heteroatoms. The quantitative estimate of drug-likeness (QED) is 0.790. The van der Waals surface area contributed by atoms with Crippen LogP contribution in [0.2, 0.25) is 0 Å². The summed E-state index contributed by atoms with van der Waals surface area (Å²) in [6, 6.07) is 2.68. The van der Waals surface area contributed by atoms with Crippen LogP contribution in [-0.2, 0) is 4.74 Å². The number of amides is 1. The third-order valence-corrected chi connectivity index (χ3v) is 3.66. The molecule has 1 amide bonds. The Balaban J connectivity index is 1.69. The maximum atomic E-state index is 11.7. The van der Waals surface area contributed by atoms with E-state index in [1.54, 1.807) is 0 Å². The Labute approximate surface area is 117 Å². The normalized spacial score (nSPS) is 22.4. The van der Waals surface area contributed by atoms with E-state index in [9.17, 15) is 9.59 Å². The van der Waals surface area contributed by atoms with Gasteiger partial charge in [0, 0.05) is 12.6 Å². The molecule has 2 N–H and O–H groups in total. The van der Waals surface area contributed by atoms with Crippen LogP contribution >= 0.6 is 0 Å². The Morgan fingerprint density at radius 3 is 2.95 bits per heavy atom. The standard InChI is InChI=1S/C14H21N3O3/c1-10-4-2-3-5-12(10)20-9-8-15-14(19)11-6-7-13(18)17-16-11/h6-7,10,12H,2-5,8-9H2,1H3,(H,15,19)(H,17,18). The number of carbonyl (C=O) groups is 1. The Hall–Kier alpha value is -1.69. The second-order valence-electron chi connectivity index (χ2n) is 5.23. The smallest absolute Gasteiger partial charge is 0.271 e. The van der Waals surface area contributed by atoms with E-state index in [2.05, 4.69) is 22.4 Å². The molecule has 1 aromatic heterocycles. The van der Waals surface area contributed by atoms with E-state index in [-0.39, 0.29) is 17.2 Å². The van der Waals surface area contributed by atoms with Gasteiger partial charge in [0.1, 0.15) is 5.69 Å². The van der Waals surface area contributed by atoms with Crippen LogP contribution in [0, 0.1) is 5.92 Å². The zero-order chi connectivity index (χ0) is 14.4. The largest absolute Gasteiger partial charge is 0.376 e. The summed E-state index contributed by atoms with van der Waals surface area (Å²) in [5.41, 5.74) is -0.119. The number of carbonyl (C=O) groups excluding carboxylic acids is 1. The van der Waals surface area contributed by atoms with Crippen LogP contribution in [0.3, 0.4) is 0 Å². The molecule has 2 rings (SSSR count). The first kappa shape index (κ1) is 14.7. The van der Waals surface area contributed by atoms with Gasteiger partial charge < -0.3 is 10.1 Å². The van der Waals surface area contributed by atoms with E-state index in [1.807, 2.05) is 0 Å². The molecule has 0 radical (unpaired) electrons. The summed E-state index contributed by atoms with van der Waals surface area (Å²) in [6.45, 7) is 3.17. The molecule has 0 bridgehead atoms. The second kappa shape index (κ2) is 7.19. The van der Waals surface area contributed by atoms with Crippen molar-refractivity contribution in [2.75, 3.05) is 13.2 Å². The van der Waals surface area contributed by atoms with Gasteiger partial charge in [-0.2, -0.15) is 5.10 Å². The molecule has 0 aromatic carbocycles. The van der Waals surface area contributed by atoms with E-state index in [1.165, 1.54) is 31.4 Å². The van der Waals surface area contributed by atoms with Crippen molar-refractivity contribution in [1.29, 1.82) is 0 Å². The van der Waals surface area contributed by atoms with Crippen LogP contribution < -0.4 is 10.9 Å². The number of nitrogens with one attached hydrogen (secondary N) is 2. The fourth-order valence-corrected chi connectivity index (χ4v) is 2.47. The fourth-order valence-electron chi connectivity index (χ4n) is 2.47. The Morgan fingerprint density at radius 2 is 2.25 bits per heavy atom. The topological polar surface area (TPSA) is 84.1 Å². The van der Waals surface area contributed by atoms with Gasteiger partial charge in [0.25, 0.3) is 11.5 Å². The first-order valence-corrected chi connectivity index (χ1v) is 7.12. The van der Waals surface area contributed by atoms with Gasteiger partial charge in [-0.15, -0.1) is 0 Å². The van der Waals surface area contributed by atoms with Crippen molar-refractivity contribution in [3.8, 4) is 0 Å². The highest BCUT2D eigenvalue weighted by molar-refractivity contribution is 5.91. The number of nitrogens with zero attached hydrogens (tertiary/aromatic N) is 1. The molecule has 1 aliphatic rings. The average molecular weight is 279 g/mol. The highest BCUT2D eigenvalue weighted by Crippen LogP contribution is 2.25. The number of hydrogen-bond acceptors (Lipinski definition) is 4. The van der Waals surface area contributed by atoms with Gasteiger partial charge in [0.05, 0.1) is 12.7 Å². The Kier molecular flexibility index (Phi) is 5.29. The summed E-state index contributed by atoms with van der Waals surface area (Å²) in [4.78, 5) is 22.6. The molecule has 2 atom stereocenters. The van der Waals surface area contributed by atoms with E-state index in [0.717, 1.165) is 6.42 Å². The molecular formula is C14H21N3O3.